The van der Waals surface area contributed by atoms with E-state index in [-0.39, 0.29) is 36.1 Å². The van der Waals surface area contributed by atoms with Gasteiger partial charge in [-0.05, 0) is 31.3 Å². The molecule has 41 heavy (non-hydrogen) atoms. The summed E-state index contributed by atoms with van der Waals surface area (Å²) in [5.41, 5.74) is 2.07. The Bertz CT molecular complexity index is 1790. The average molecular weight is 619 g/mol. The van der Waals surface area contributed by atoms with Crippen molar-refractivity contribution < 1.29 is 26.4 Å². The number of fused-ring (bicyclic) bond motifs is 2. The van der Waals surface area contributed by atoms with Gasteiger partial charge in [-0.25, -0.2) is 26.1 Å². The van der Waals surface area contributed by atoms with Gasteiger partial charge in [-0.1, -0.05) is 5.92 Å². The van der Waals surface area contributed by atoms with Crippen LogP contribution in [0.15, 0.2) is 29.3 Å². The number of terminal acetylenes is 1. The molecule has 1 fully saturated rings. The SMILES string of the molecule is C#Cc1ccc2[nH]c(S(=O)(=O)N3CCN(C(=O)c4nc5c(s4)CN(C)CC5)C(CC(=O)N(C)S(C)(=O)=O)C3)cc2c1. The van der Waals surface area contributed by atoms with Crippen molar-refractivity contribution in [2.24, 2.45) is 0 Å². The molecule has 1 N–H and O–H groups in total. The van der Waals surface area contributed by atoms with Crippen LogP contribution >= 0.6 is 11.3 Å². The van der Waals surface area contributed by atoms with Crippen molar-refractivity contribution >= 4 is 54.1 Å². The minimum atomic E-state index is -4.06. The summed E-state index contributed by atoms with van der Waals surface area (Å²) in [5, 5.41) is 0.861. The first-order chi connectivity index (χ1) is 19.3. The fourth-order valence-electron chi connectivity index (χ4n) is 5.01. The van der Waals surface area contributed by atoms with Crippen molar-refractivity contribution in [3.63, 3.8) is 0 Å². The second kappa shape index (κ2) is 10.8. The number of rotatable bonds is 6. The molecule has 0 aliphatic carbocycles. The summed E-state index contributed by atoms with van der Waals surface area (Å²) in [7, 11) is -4.77. The number of nitrogens with zero attached hydrogens (tertiary/aromatic N) is 5. The summed E-state index contributed by atoms with van der Waals surface area (Å²) in [6.07, 6.45) is 6.72. The van der Waals surface area contributed by atoms with Gasteiger partial charge in [0.15, 0.2) is 5.01 Å². The van der Waals surface area contributed by atoms with E-state index in [4.69, 9.17) is 6.42 Å². The van der Waals surface area contributed by atoms with Crippen molar-refractivity contribution in [3.8, 4) is 12.3 Å². The summed E-state index contributed by atoms with van der Waals surface area (Å²) in [6, 6.07) is 5.69. The van der Waals surface area contributed by atoms with Gasteiger partial charge >= 0.3 is 0 Å². The van der Waals surface area contributed by atoms with Crippen LogP contribution in [-0.2, 0) is 37.8 Å². The second-order valence-corrected chi connectivity index (χ2v) is 15.3. The molecule has 1 saturated heterocycles. The smallest absolute Gasteiger partial charge is 0.283 e. The maximum absolute atomic E-state index is 13.7. The molecule has 1 unspecified atom stereocenters. The van der Waals surface area contributed by atoms with Gasteiger partial charge in [0.05, 0.1) is 18.0 Å². The number of nitrogens with one attached hydrogen (secondary N) is 1. The molecule has 0 spiro atoms. The van der Waals surface area contributed by atoms with Gasteiger partial charge < -0.3 is 14.8 Å². The molecule has 4 heterocycles. The quantitative estimate of drug-likeness (QED) is 0.402. The third-order valence-electron chi connectivity index (χ3n) is 7.45. The Morgan fingerprint density at radius 1 is 1.20 bits per heavy atom. The summed E-state index contributed by atoms with van der Waals surface area (Å²) >= 11 is 1.29. The molecule has 0 radical (unpaired) electrons. The number of thiazole rings is 1. The van der Waals surface area contributed by atoms with E-state index in [1.165, 1.54) is 26.6 Å². The highest BCUT2D eigenvalue weighted by molar-refractivity contribution is 7.89. The highest BCUT2D eigenvalue weighted by Gasteiger charge is 2.40. The van der Waals surface area contributed by atoms with Crippen molar-refractivity contribution in [2.45, 2.75) is 30.5 Å². The monoisotopic (exact) mass is 618 g/mol. The Morgan fingerprint density at radius 3 is 2.66 bits per heavy atom. The molecule has 15 heteroatoms. The van der Waals surface area contributed by atoms with E-state index >= 15 is 0 Å². The molecule has 2 aromatic heterocycles. The fraction of sp³-hybridized carbons (Fsp3) is 0.423. The minimum Gasteiger partial charge on any atom is -0.345 e. The van der Waals surface area contributed by atoms with Gasteiger partial charge in [0.2, 0.25) is 15.9 Å². The Balaban J connectivity index is 1.44. The third-order valence-corrected chi connectivity index (χ3v) is 11.5. The lowest BCUT2D eigenvalue weighted by atomic mass is 10.1. The van der Waals surface area contributed by atoms with E-state index in [1.807, 2.05) is 7.05 Å². The van der Waals surface area contributed by atoms with Crippen LogP contribution in [-0.4, -0.2) is 110 Å². The molecule has 2 amide bonds. The van der Waals surface area contributed by atoms with Crippen molar-refractivity contribution in [3.05, 3.63) is 45.4 Å². The maximum Gasteiger partial charge on any atom is 0.283 e. The number of piperazine rings is 1. The van der Waals surface area contributed by atoms with Gasteiger partial charge in [0.1, 0.15) is 5.03 Å². The van der Waals surface area contributed by atoms with Crippen LogP contribution in [0, 0.1) is 12.3 Å². The van der Waals surface area contributed by atoms with E-state index in [1.54, 1.807) is 18.2 Å². The zero-order valence-corrected chi connectivity index (χ0v) is 25.3. The standard InChI is InChI=1S/C26H30N6O6S3/c1-5-17-6-7-20-18(12-17)13-23(27-20)41(37,38)31-10-11-32(19(15-31)14-24(33)30(3)40(4,35)36)26(34)25-28-21-8-9-29(2)16-22(21)39-25/h1,6-7,12-13,19,27H,8-11,14-16H2,2-4H3. The van der Waals surface area contributed by atoms with E-state index < -0.39 is 37.9 Å². The first kappa shape index (κ1) is 29.2. The highest BCUT2D eigenvalue weighted by atomic mass is 32.2. The number of carbonyl (C=O) groups excluding carboxylic acids is 2. The summed E-state index contributed by atoms with van der Waals surface area (Å²) in [5.74, 6) is 1.37. The van der Waals surface area contributed by atoms with Gasteiger partial charge in [0, 0.05) is 74.0 Å². The zero-order chi connectivity index (χ0) is 29.7. The average Bonchev–Trinajstić information content (AvgIpc) is 3.55. The van der Waals surface area contributed by atoms with Gasteiger partial charge in [-0.3, -0.25) is 9.59 Å². The summed E-state index contributed by atoms with van der Waals surface area (Å²) < 4.78 is 53.2. The van der Waals surface area contributed by atoms with Crippen LogP contribution in [0.4, 0.5) is 0 Å². The predicted octanol–water partition coefficient (Wildman–Crippen LogP) is 0.917. The van der Waals surface area contributed by atoms with Crippen LogP contribution in [0.3, 0.4) is 0 Å². The van der Waals surface area contributed by atoms with Crippen molar-refractivity contribution in [1.82, 2.24) is 28.4 Å². The number of aromatic nitrogens is 2. The Morgan fingerprint density at radius 2 is 1.95 bits per heavy atom. The number of carbonyl (C=O) groups is 2. The lowest BCUT2D eigenvalue weighted by Crippen LogP contribution is -2.57. The van der Waals surface area contributed by atoms with E-state index in [0.29, 0.717) is 27.3 Å². The van der Waals surface area contributed by atoms with Crippen LogP contribution in [0.25, 0.3) is 10.9 Å². The molecule has 1 aromatic carbocycles. The number of aromatic amines is 1. The molecule has 12 nitrogen and oxygen atoms in total. The Labute approximate surface area is 243 Å². The van der Waals surface area contributed by atoms with Crippen LogP contribution in [0.1, 0.15) is 32.4 Å². The summed E-state index contributed by atoms with van der Waals surface area (Å²) in [6.45, 7) is 1.30. The molecular formula is C26H30N6O6S3. The lowest BCUT2D eigenvalue weighted by molar-refractivity contribution is -0.127. The number of likely N-dealkylation sites (N-methyl/N-ethyl adjacent to an activating group) is 1. The molecule has 5 rings (SSSR count). The number of hydrogen-bond donors (Lipinski definition) is 1. The highest BCUT2D eigenvalue weighted by Crippen LogP contribution is 2.29. The molecule has 218 valence electrons. The third kappa shape index (κ3) is 5.75. The lowest BCUT2D eigenvalue weighted by Gasteiger charge is -2.40. The zero-order valence-electron chi connectivity index (χ0n) is 22.8. The first-order valence-electron chi connectivity index (χ1n) is 12.8. The van der Waals surface area contributed by atoms with Gasteiger partial charge in [-0.15, -0.1) is 17.8 Å². The number of amides is 2. The molecule has 2 aliphatic heterocycles. The normalized spacial score (nSPS) is 18.7. The fourth-order valence-corrected chi connectivity index (χ4v) is 8.09. The number of sulfonamides is 2. The summed E-state index contributed by atoms with van der Waals surface area (Å²) in [4.78, 5) is 38.7. The molecule has 0 saturated carbocycles. The minimum absolute atomic E-state index is 0.00419. The molecular weight excluding hydrogens is 589 g/mol. The molecule has 1 atom stereocenters. The molecule has 0 bridgehead atoms. The van der Waals surface area contributed by atoms with Crippen molar-refractivity contribution in [2.75, 3.05) is 46.5 Å². The Hall–Kier alpha value is -3.29. The van der Waals surface area contributed by atoms with Crippen LogP contribution < -0.4 is 0 Å². The van der Waals surface area contributed by atoms with Crippen LogP contribution in [0.2, 0.25) is 0 Å². The van der Waals surface area contributed by atoms with E-state index in [9.17, 15) is 26.4 Å². The molecule has 2 aliphatic rings. The van der Waals surface area contributed by atoms with E-state index in [0.717, 1.165) is 36.8 Å². The number of H-pyrrole nitrogens is 1. The number of benzene rings is 1. The van der Waals surface area contributed by atoms with E-state index in [2.05, 4.69) is 20.8 Å². The number of hydrogen-bond acceptors (Lipinski definition) is 9. The van der Waals surface area contributed by atoms with Crippen LogP contribution in [0.5, 0.6) is 0 Å². The topological polar surface area (TPSA) is 144 Å². The first-order valence-corrected chi connectivity index (χ1v) is 16.9. The maximum atomic E-state index is 13.7. The Kier molecular flexibility index (Phi) is 7.72. The molecule has 3 aromatic rings. The second-order valence-electron chi connectivity index (χ2n) is 10.3. The largest absolute Gasteiger partial charge is 0.345 e. The van der Waals surface area contributed by atoms with Gasteiger partial charge in [-0.2, -0.15) is 4.31 Å². The van der Waals surface area contributed by atoms with Gasteiger partial charge in [0.25, 0.3) is 15.9 Å². The predicted molar refractivity (Wildman–Crippen MR) is 154 cm³/mol. The van der Waals surface area contributed by atoms with Crippen molar-refractivity contribution in [1.29, 1.82) is 0 Å².